The summed E-state index contributed by atoms with van der Waals surface area (Å²) < 4.78 is 1.54. The Morgan fingerprint density at radius 1 is 1.29 bits per heavy atom. The van der Waals surface area contributed by atoms with Crippen molar-refractivity contribution in [3.05, 3.63) is 64.2 Å². The number of rotatable bonds is 4. The van der Waals surface area contributed by atoms with Gasteiger partial charge in [0.05, 0.1) is 5.56 Å². The summed E-state index contributed by atoms with van der Waals surface area (Å²) in [5.41, 5.74) is 3.52. The molecule has 2 N–H and O–H groups in total. The SMILES string of the molecule is CCc1cc(-c2c[nH]nc2-c2ccccc2C(=O)O)cn(C)c1=O. The monoisotopic (exact) mass is 323 g/mol. The molecule has 122 valence electrons. The second-order valence-corrected chi connectivity index (χ2v) is 5.52. The largest absolute Gasteiger partial charge is 0.478 e. The molecule has 0 bridgehead atoms. The topological polar surface area (TPSA) is 88.0 Å². The summed E-state index contributed by atoms with van der Waals surface area (Å²) in [6.07, 6.45) is 4.08. The molecule has 6 heteroatoms. The van der Waals surface area contributed by atoms with Crippen molar-refractivity contribution in [1.29, 1.82) is 0 Å². The fraction of sp³-hybridized carbons (Fsp3) is 0.167. The van der Waals surface area contributed by atoms with E-state index in [-0.39, 0.29) is 11.1 Å². The number of carboxylic acids is 1. The molecule has 0 aliphatic heterocycles. The number of pyridine rings is 1. The van der Waals surface area contributed by atoms with E-state index in [0.717, 1.165) is 11.1 Å². The second-order valence-electron chi connectivity index (χ2n) is 5.52. The summed E-state index contributed by atoms with van der Waals surface area (Å²) in [4.78, 5) is 23.6. The van der Waals surface area contributed by atoms with Gasteiger partial charge >= 0.3 is 5.97 Å². The summed E-state index contributed by atoms with van der Waals surface area (Å²) in [5, 5.41) is 16.4. The number of H-pyrrole nitrogens is 1. The molecule has 6 nitrogen and oxygen atoms in total. The maximum absolute atomic E-state index is 12.1. The zero-order chi connectivity index (χ0) is 17.3. The van der Waals surface area contributed by atoms with E-state index in [0.29, 0.717) is 23.2 Å². The number of aryl methyl sites for hydroxylation is 2. The van der Waals surface area contributed by atoms with E-state index in [4.69, 9.17) is 0 Å². The van der Waals surface area contributed by atoms with Crippen LogP contribution in [-0.4, -0.2) is 25.8 Å². The second kappa shape index (κ2) is 6.16. The van der Waals surface area contributed by atoms with E-state index in [9.17, 15) is 14.7 Å². The molecule has 3 aromatic rings. The van der Waals surface area contributed by atoms with Crippen LogP contribution in [0, 0.1) is 0 Å². The molecule has 3 rings (SSSR count). The van der Waals surface area contributed by atoms with Crippen LogP contribution in [0.2, 0.25) is 0 Å². The number of benzene rings is 1. The molecular formula is C18H17N3O3. The van der Waals surface area contributed by atoms with Gasteiger partial charge in [-0.1, -0.05) is 25.1 Å². The van der Waals surface area contributed by atoms with Crippen LogP contribution in [0.15, 0.2) is 47.5 Å². The van der Waals surface area contributed by atoms with Crippen LogP contribution >= 0.6 is 0 Å². The third-order valence-electron chi connectivity index (χ3n) is 4.00. The maximum atomic E-state index is 12.1. The highest BCUT2D eigenvalue weighted by atomic mass is 16.4. The van der Waals surface area contributed by atoms with Gasteiger partial charge in [-0.25, -0.2) is 4.79 Å². The van der Waals surface area contributed by atoms with E-state index in [2.05, 4.69) is 10.2 Å². The summed E-state index contributed by atoms with van der Waals surface area (Å²) >= 11 is 0. The van der Waals surface area contributed by atoms with Crippen LogP contribution in [0.5, 0.6) is 0 Å². The van der Waals surface area contributed by atoms with E-state index >= 15 is 0 Å². The summed E-state index contributed by atoms with van der Waals surface area (Å²) in [6, 6.07) is 8.57. The molecule has 1 aromatic carbocycles. The van der Waals surface area contributed by atoms with Crippen LogP contribution < -0.4 is 5.56 Å². The number of aromatic carboxylic acids is 1. The lowest BCUT2D eigenvalue weighted by Crippen LogP contribution is -2.20. The van der Waals surface area contributed by atoms with Gasteiger partial charge in [-0.05, 0) is 18.6 Å². The molecule has 0 saturated heterocycles. The molecule has 0 unspecified atom stereocenters. The van der Waals surface area contributed by atoms with E-state index < -0.39 is 5.97 Å². The van der Waals surface area contributed by atoms with E-state index in [1.807, 2.05) is 13.0 Å². The number of nitrogens with one attached hydrogen (secondary N) is 1. The molecular weight excluding hydrogens is 306 g/mol. The predicted octanol–water partition coefficient (Wildman–Crippen LogP) is 2.70. The first kappa shape index (κ1) is 15.7. The number of aromatic nitrogens is 3. The van der Waals surface area contributed by atoms with E-state index in [1.54, 1.807) is 43.7 Å². The highest BCUT2D eigenvalue weighted by Crippen LogP contribution is 2.32. The van der Waals surface area contributed by atoms with Gasteiger partial charge in [0.2, 0.25) is 0 Å². The van der Waals surface area contributed by atoms with Gasteiger partial charge in [-0.3, -0.25) is 9.89 Å². The number of carboxylic acid groups (broad SMARTS) is 1. The van der Waals surface area contributed by atoms with Crippen molar-refractivity contribution in [2.75, 3.05) is 0 Å². The van der Waals surface area contributed by atoms with Crippen molar-refractivity contribution in [1.82, 2.24) is 14.8 Å². The molecule has 0 radical (unpaired) electrons. The lowest BCUT2D eigenvalue weighted by Gasteiger charge is -2.09. The molecule has 24 heavy (non-hydrogen) atoms. The molecule has 0 atom stereocenters. The first-order chi connectivity index (χ1) is 11.5. The number of carbonyl (C=O) groups is 1. The van der Waals surface area contributed by atoms with Crippen molar-refractivity contribution in [3.63, 3.8) is 0 Å². The minimum atomic E-state index is -1.01. The standard InChI is InChI=1S/C18H17N3O3/c1-3-11-8-12(10-21(2)17(11)22)15-9-19-20-16(15)13-6-4-5-7-14(13)18(23)24/h4-10H,3H2,1-2H3,(H,19,20)(H,23,24). The number of nitrogens with zero attached hydrogens (tertiary/aromatic N) is 2. The Bertz CT molecular complexity index is 970. The van der Waals surface area contributed by atoms with Crippen molar-refractivity contribution in [2.24, 2.45) is 7.05 Å². The van der Waals surface area contributed by atoms with Gasteiger partial charge in [0.25, 0.3) is 5.56 Å². The molecule has 0 fully saturated rings. The van der Waals surface area contributed by atoms with Gasteiger partial charge in [-0.2, -0.15) is 5.10 Å². The molecule has 0 aliphatic rings. The zero-order valence-electron chi connectivity index (χ0n) is 13.4. The van der Waals surface area contributed by atoms with Crippen LogP contribution in [0.1, 0.15) is 22.8 Å². The van der Waals surface area contributed by atoms with Crippen LogP contribution in [0.3, 0.4) is 0 Å². The minimum absolute atomic E-state index is 0.0303. The Balaban J connectivity index is 2.22. The van der Waals surface area contributed by atoms with Crippen molar-refractivity contribution >= 4 is 5.97 Å². The third kappa shape index (κ3) is 2.62. The smallest absolute Gasteiger partial charge is 0.336 e. The zero-order valence-corrected chi connectivity index (χ0v) is 13.4. The van der Waals surface area contributed by atoms with Gasteiger partial charge < -0.3 is 9.67 Å². The Kier molecular flexibility index (Phi) is 4.04. The average molecular weight is 323 g/mol. The highest BCUT2D eigenvalue weighted by molar-refractivity contribution is 5.97. The average Bonchev–Trinajstić information content (AvgIpc) is 3.06. The quantitative estimate of drug-likeness (QED) is 0.772. The predicted molar refractivity (Wildman–Crippen MR) is 91.0 cm³/mol. The van der Waals surface area contributed by atoms with Gasteiger partial charge in [0, 0.05) is 41.7 Å². The summed E-state index contributed by atoms with van der Waals surface area (Å²) in [6.45, 7) is 1.93. The Morgan fingerprint density at radius 2 is 2.04 bits per heavy atom. The van der Waals surface area contributed by atoms with Crippen LogP contribution in [0.4, 0.5) is 0 Å². The Morgan fingerprint density at radius 3 is 2.75 bits per heavy atom. The summed E-state index contributed by atoms with van der Waals surface area (Å²) in [7, 11) is 1.70. The normalized spacial score (nSPS) is 10.8. The first-order valence-electron chi connectivity index (χ1n) is 7.59. The van der Waals surface area contributed by atoms with Crippen molar-refractivity contribution in [3.8, 4) is 22.4 Å². The number of aromatic amines is 1. The fourth-order valence-corrected chi connectivity index (χ4v) is 2.77. The first-order valence-corrected chi connectivity index (χ1v) is 7.59. The van der Waals surface area contributed by atoms with E-state index in [1.165, 1.54) is 4.57 Å². The molecule has 0 aliphatic carbocycles. The number of hydrogen-bond donors (Lipinski definition) is 2. The Labute approximate surface area is 138 Å². The third-order valence-corrected chi connectivity index (χ3v) is 4.00. The molecule has 2 aromatic heterocycles. The van der Waals surface area contributed by atoms with Crippen LogP contribution in [0.25, 0.3) is 22.4 Å². The molecule has 0 amide bonds. The summed E-state index contributed by atoms with van der Waals surface area (Å²) in [5.74, 6) is -1.01. The van der Waals surface area contributed by atoms with Gasteiger partial charge in [-0.15, -0.1) is 0 Å². The molecule has 0 saturated carbocycles. The minimum Gasteiger partial charge on any atom is -0.478 e. The van der Waals surface area contributed by atoms with Crippen molar-refractivity contribution < 1.29 is 9.90 Å². The molecule has 0 spiro atoms. The maximum Gasteiger partial charge on any atom is 0.336 e. The lowest BCUT2D eigenvalue weighted by atomic mass is 9.98. The van der Waals surface area contributed by atoms with Crippen LogP contribution in [-0.2, 0) is 13.5 Å². The Hall–Kier alpha value is -3.15. The highest BCUT2D eigenvalue weighted by Gasteiger charge is 2.18. The lowest BCUT2D eigenvalue weighted by molar-refractivity contribution is 0.0697. The molecule has 2 heterocycles. The number of hydrogen-bond acceptors (Lipinski definition) is 3. The van der Waals surface area contributed by atoms with Crippen molar-refractivity contribution in [2.45, 2.75) is 13.3 Å². The van der Waals surface area contributed by atoms with Gasteiger partial charge in [0.15, 0.2) is 0 Å². The van der Waals surface area contributed by atoms with Gasteiger partial charge in [0.1, 0.15) is 5.69 Å². The fourth-order valence-electron chi connectivity index (χ4n) is 2.77.